The lowest BCUT2D eigenvalue weighted by molar-refractivity contribution is -0.137. The van der Waals surface area contributed by atoms with Crippen LogP contribution in [0.15, 0.2) is 84.1 Å². The molecule has 3 aromatic heterocycles. The first-order chi connectivity index (χ1) is 20.1. The minimum absolute atomic E-state index is 0.0222. The van der Waals surface area contributed by atoms with E-state index in [0.29, 0.717) is 22.8 Å². The zero-order chi connectivity index (χ0) is 29.6. The summed E-state index contributed by atoms with van der Waals surface area (Å²) in [6.45, 7) is 2.06. The number of methoxy groups -OCH3 is 1. The Morgan fingerprint density at radius 1 is 0.952 bits per heavy atom. The van der Waals surface area contributed by atoms with Gasteiger partial charge < -0.3 is 9.30 Å². The molecule has 0 saturated carbocycles. The molecule has 0 spiro atoms. The van der Waals surface area contributed by atoms with E-state index in [1.165, 1.54) is 35.7 Å². The van der Waals surface area contributed by atoms with Crippen molar-refractivity contribution in [1.82, 2.24) is 33.6 Å². The molecule has 0 bridgehead atoms. The molecular formula is C28H24F3N7O3S. The first-order valence-corrected chi connectivity index (χ1v) is 14.3. The second-order valence-electron chi connectivity index (χ2n) is 9.62. The number of rotatable bonds is 6. The number of benzene rings is 2. The van der Waals surface area contributed by atoms with Gasteiger partial charge in [-0.1, -0.05) is 30.3 Å². The van der Waals surface area contributed by atoms with Gasteiger partial charge in [-0.3, -0.25) is 0 Å². The molecule has 4 heterocycles. The summed E-state index contributed by atoms with van der Waals surface area (Å²) in [6, 6.07) is 14.7. The van der Waals surface area contributed by atoms with Crippen molar-refractivity contribution in [1.29, 1.82) is 0 Å². The highest BCUT2D eigenvalue weighted by Gasteiger charge is 2.40. The second kappa shape index (κ2) is 10.4. The average molecular weight is 596 g/mol. The number of aromatic nitrogens is 6. The molecule has 1 atom stereocenters. The molecule has 42 heavy (non-hydrogen) atoms. The molecule has 0 radical (unpaired) electrons. The highest BCUT2D eigenvalue weighted by atomic mass is 32.2. The Morgan fingerprint density at radius 3 is 2.33 bits per heavy atom. The summed E-state index contributed by atoms with van der Waals surface area (Å²) in [5.74, 6) is 0.767. The number of alkyl halides is 3. The summed E-state index contributed by atoms with van der Waals surface area (Å²) >= 11 is 0. The van der Waals surface area contributed by atoms with Crippen LogP contribution in [0, 0.1) is 6.92 Å². The maximum absolute atomic E-state index is 13.8. The number of fused-ring (bicyclic) bond motifs is 1. The molecule has 14 heteroatoms. The van der Waals surface area contributed by atoms with Crippen molar-refractivity contribution >= 4 is 10.0 Å². The first kappa shape index (κ1) is 27.6. The average Bonchev–Trinajstić information content (AvgIpc) is 3.62. The van der Waals surface area contributed by atoms with Crippen LogP contribution in [0.5, 0.6) is 5.88 Å². The quantitative estimate of drug-likeness (QED) is 0.281. The minimum Gasteiger partial charge on any atom is -0.479 e. The van der Waals surface area contributed by atoms with Gasteiger partial charge in [0.25, 0.3) is 0 Å². The number of aryl methyl sites for hydroxylation is 1. The van der Waals surface area contributed by atoms with Crippen molar-refractivity contribution in [3.8, 4) is 23.1 Å². The summed E-state index contributed by atoms with van der Waals surface area (Å²) in [7, 11) is -2.57. The number of ether oxygens (including phenoxy) is 1. The third kappa shape index (κ3) is 4.92. The fourth-order valence-corrected chi connectivity index (χ4v) is 6.48. The maximum Gasteiger partial charge on any atom is 0.416 e. The van der Waals surface area contributed by atoms with E-state index in [2.05, 4.69) is 20.1 Å². The van der Waals surface area contributed by atoms with Crippen LogP contribution in [0.25, 0.3) is 17.2 Å². The Balaban J connectivity index is 1.45. The fraction of sp³-hybridized carbons (Fsp3) is 0.214. The van der Waals surface area contributed by atoms with Crippen LogP contribution >= 0.6 is 0 Å². The summed E-state index contributed by atoms with van der Waals surface area (Å²) in [6.07, 6.45) is -1.08. The Labute approximate surface area is 239 Å². The van der Waals surface area contributed by atoms with Crippen LogP contribution in [0.1, 0.15) is 28.7 Å². The molecule has 10 nitrogen and oxygen atoms in total. The predicted octanol–water partition coefficient (Wildman–Crippen LogP) is 4.66. The molecular weight excluding hydrogens is 571 g/mol. The van der Waals surface area contributed by atoms with E-state index in [9.17, 15) is 21.6 Å². The van der Waals surface area contributed by atoms with Crippen LogP contribution in [0.4, 0.5) is 13.2 Å². The van der Waals surface area contributed by atoms with E-state index in [1.807, 2.05) is 13.1 Å². The highest BCUT2D eigenvalue weighted by molar-refractivity contribution is 7.89. The van der Waals surface area contributed by atoms with Crippen LogP contribution in [-0.2, 0) is 22.7 Å². The highest BCUT2D eigenvalue weighted by Crippen LogP contribution is 2.38. The van der Waals surface area contributed by atoms with Gasteiger partial charge in [-0.25, -0.2) is 28.1 Å². The number of hydrogen-bond acceptors (Lipinski definition) is 7. The lowest BCUT2D eigenvalue weighted by Crippen LogP contribution is -2.43. The number of nitrogens with zero attached hydrogens (tertiary/aromatic N) is 7. The normalized spacial score (nSPS) is 15.9. The van der Waals surface area contributed by atoms with E-state index in [1.54, 1.807) is 45.9 Å². The molecule has 0 unspecified atom stereocenters. The Morgan fingerprint density at radius 2 is 1.69 bits per heavy atom. The summed E-state index contributed by atoms with van der Waals surface area (Å²) in [4.78, 5) is 13.5. The largest absolute Gasteiger partial charge is 0.479 e. The Kier molecular flexibility index (Phi) is 6.81. The molecule has 0 saturated heterocycles. The Bertz CT molecular complexity index is 1850. The first-order valence-electron chi connectivity index (χ1n) is 12.8. The van der Waals surface area contributed by atoms with Crippen molar-refractivity contribution in [2.45, 2.75) is 30.6 Å². The van der Waals surface area contributed by atoms with Gasteiger partial charge in [0.2, 0.25) is 15.9 Å². The van der Waals surface area contributed by atoms with E-state index < -0.39 is 27.8 Å². The maximum atomic E-state index is 13.8. The zero-order valence-corrected chi connectivity index (χ0v) is 23.2. The van der Waals surface area contributed by atoms with Gasteiger partial charge in [0.05, 0.1) is 36.1 Å². The van der Waals surface area contributed by atoms with Crippen LogP contribution in [-0.4, -0.2) is 55.7 Å². The monoisotopic (exact) mass is 595 g/mol. The summed E-state index contributed by atoms with van der Waals surface area (Å²) in [5, 5.41) is 4.59. The van der Waals surface area contributed by atoms with E-state index in [-0.39, 0.29) is 29.6 Å². The third-order valence-electron chi connectivity index (χ3n) is 6.92. The van der Waals surface area contributed by atoms with Crippen molar-refractivity contribution in [2.75, 3.05) is 13.7 Å². The lowest BCUT2D eigenvalue weighted by Gasteiger charge is -2.34. The van der Waals surface area contributed by atoms with Gasteiger partial charge in [-0.15, -0.1) is 5.10 Å². The predicted molar refractivity (Wildman–Crippen MR) is 145 cm³/mol. The second-order valence-corrected chi connectivity index (χ2v) is 11.5. The number of imidazole rings is 1. The van der Waals surface area contributed by atoms with E-state index in [0.717, 1.165) is 17.8 Å². The molecule has 2 aromatic carbocycles. The van der Waals surface area contributed by atoms with Gasteiger partial charge in [0.1, 0.15) is 17.4 Å². The number of hydrogen-bond donors (Lipinski definition) is 0. The van der Waals surface area contributed by atoms with E-state index in [4.69, 9.17) is 4.74 Å². The molecule has 0 aliphatic carbocycles. The summed E-state index contributed by atoms with van der Waals surface area (Å²) < 4.78 is 77.7. The van der Waals surface area contributed by atoms with Crippen LogP contribution in [0.3, 0.4) is 0 Å². The van der Waals surface area contributed by atoms with Crippen molar-refractivity contribution < 1.29 is 26.3 Å². The fourth-order valence-electron chi connectivity index (χ4n) is 4.89. The van der Waals surface area contributed by atoms with Gasteiger partial charge in [0.15, 0.2) is 11.6 Å². The van der Waals surface area contributed by atoms with Crippen molar-refractivity contribution in [3.05, 3.63) is 102 Å². The number of halogens is 3. The molecule has 0 N–H and O–H groups in total. The van der Waals surface area contributed by atoms with Gasteiger partial charge in [-0.05, 0) is 48.9 Å². The zero-order valence-electron chi connectivity index (χ0n) is 22.4. The third-order valence-corrected chi connectivity index (χ3v) is 8.80. The molecule has 5 aromatic rings. The smallest absolute Gasteiger partial charge is 0.416 e. The topological polar surface area (TPSA) is 108 Å². The standard InChI is InChI=1S/C28H24F3N7O3S/c1-18-16-36(17-32-18)23-13-12-22(33-27(23)41-2)25-34-26-24(19-8-10-20(11-9-19)28(29,30)31)38(15-14-37(26)35-25)42(39,40)21-6-4-3-5-7-21/h3-13,16-17,24H,14-15H2,1-2H3/t24-/m0/s1. The van der Waals surface area contributed by atoms with Gasteiger partial charge in [-0.2, -0.15) is 17.5 Å². The Hall–Kier alpha value is -4.56. The van der Waals surface area contributed by atoms with Gasteiger partial charge >= 0.3 is 6.18 Å². The molecule has 0 fully saturated rings. The van der Waals surface area contributed by atoms with Crippen molar-refractivity contribution in [2.24, 2.45) is 0 Å². The molecule has 1 aliphatic rings. The molecule has 1 aliphatic heterocycles. The minimum atomic E-state index is -4.54. The van der Waals surface area contributed by atoms with Crippen LogP contribution in [0.2, 0.25) is 0 Å². The lowest BCUT2D eigenvalue weighted by atomic mass is 10.0. The number of sulfonamides is 1. The molecule has 0 amide bonds. The number of pyridine rings is 1. The van der Waals surface area contributed by atoms with Gasteiger partial charge in [0, 0.05) is 12.7 Å². The SMILES string of the molecule is COc1nc(-c2nc3n(n2)CCN(S(=O)(=O)c2ccccc2)[C@H]3c2ccc(C(F)(F)F)cc2)ccc1-n1cnc(C)c1. The van der Waals surface area contributed by atoms with Crippen molar-refractivity contribution in [3.63, 3.8) is 0 Å². The van der Waals surface area contributed by atoms with E-state index >= 15 is 0 Å². The molecule has 6 rings (SSSR count). The molecule has 216 valence electrons. The van der Waals surface area contributed by atoms with Crippen LogP contribution < -0.4 is 4.74 Å². The summed E-state index contributed by atoms with van der Waals surface area (Å²) in [5.41, 5.74) is 1.31.